The largest absolute Gasteiger partial charge is 0.497 e. The van der Waals surface area contributed by atoms with Crippen LogP contribution in [0.1, 0.15) is 12.0 Å². The van der Waals surface area contributed by atoms with Crippen molar-refractivity contribution in [1.29, 1.82) is 0 Å². The summed E-state index contributed by atoms with van der Waals surface area (Å²) in [4.78, 5) is 13.9. The predicted octanol–water partition coefficient (Wildman–Crippen LogP) is 1.50. The van der Waals surface area contributed by atoms with Crippen LogP contribution in [0.2, 0.25) is 0 Å². The van der Waals surface area contributed by atoms with Crippen molar-refractivity contribution in [1.82, 2.24) is 4.90 Å². The van der Waals surface area contributed by atoms with Gasteiger partial charge in [-0.3, -0.25) is 4.79 Å². The molecular weight excluding hydrogens is 270 g/mol. The van der Waals surface area contributed by atoms with Crippen molar-refractivity contribution in [2.75, 3.05) is 40.5 Å². The van der Waals surface area contributed by atoms with Crippen LogP contribution in [0.3, 0.4) is 0 Å². The topological polar surface area (TPSA) is 48.0 Å². The van der Waals surface area contributed by atoms with Gasteiger partial charge in [0.05, 0.1) is 32.8 Å². The first kappa shape index (κ1) is 15.8. The van der Waals surface area contributed by atoms with Crippen LogP contribution >= 0.6 is 0 Å². The van der Waals surface area contributed by atoms with Crippen molar-refractivity contribution in [3.8, 4) is 5.75 Å². The zero-order chi connectivity index (χ0) is 15.1. The summed E-state index contributed by atoms with van der Waals surface area (Å²) in [6, 6.07) is 7.96. The molecule has 2 rings (SSSR count). The average Bonchev–Trinajstić information content (AvgIpc) is 2.53. The Bertz CT molecular complexity index is 463. The maximum atomic E-state index is 12.0. The summed E-state index contributed by atoms with van der Waals surface area (Å²) in [5.41, 5.74) is 1.16. The number of hydrogen-bond acceptors (Lipinski definition) is 4. The van der Waals surface area contributed by atoms with E-state index in [1.807, 2.05) is 23.1 Å². The molecule has 5 nitrogen and oxygen atoms in total. The highest BCUT2D eigenvalue weighted by Gasteiger charge is 2.24. The number of rotatable bonds is 6. The van der Waals surface area contributed by atoms with Crippen LogP contribution in [0.15, 0.2) is 24.3 Å². The van der Waals surface area contributed by atoms with Gasteiger partial charge < -0.3 is 19.1 Å². The van der Waals surface area contributed by atoms with E-state index in [0.717, 1.165) is 17.7 Å². The Balaban J connectivity index is 1.90. The van der Waals surface area contributed by atoms with E-state index in [1.54, 1.807) is 14.2 Å². The maximum Gasteiger partial charge on any atom is 0.225 e. The van der Waals surface area contributed by atoms with Gasteiger partial charge in [0.2, 0.25) is 5.91 Å². The van der Waals surface area contributed by atoms with Gasteiger partial charge in [-0.25, -0.2) is 0 Å². The Morgan fingerprint density at radius 1 is 1.43 bits per heavy atom. The average molecular weight is 293 g/mol. The molecule has 1 atom stereocenters. The lowest BCUT2D eigenvalue weighted by atomic mass is 10.1. The summed E-state index contributed by atoms with van der Waals surface area (Å²) in [5.74, 6) is 0.979. The molecule has 0 aromatic heterocycles. The van der Waals surface area contributed by atoms with Crippen LogP contribution in [0.25, 0.3) is 0 Å². The quantitative estimate of drug-likeness (QED) is 0.797. The van der Waals surface area contributed by atoms with Crippen LogP contribution in [0.5, 0.6) is 5.75 Å². The smallest absolute Gasteiger partial charge is 0.225 e. The zero-order valence-electron chi connectivity index (χ0n) is 12.7. The summed E-state index contributed by atoms with van der Waals surface area (Å²) in [5, 5.41) is 0. The van der Waals surface area contributed by atoms with Gasteiger partial charge in [0, 0.05) is 26.6 Å². The van der Waals surface area contributed by atoms with Crippen LogP contribution in [0.4, 0.5) is 0 Å². The van der Waals surface area contributed by atoms with Crippen molar-refractivity contribution < 1.29 is 19.0 Å². The second-order valence-electron chi connectivity index (χ2n) is 5.13. The van der Waals surface area contributed by atoms with Gasteiger partial charge in [-0.2, -0.15) is 0 Å². The SMILES string of the molecule is COCCC(=O)N1CCOC(Cc2cccc(OC)c2)C1. The van der Waals surface area contributed by atoms with E-state index >= 15 is 0 Å². The molecule has 0 N–H and O–H groups in total. The summed E-state index contributed by atoms with van der Waals surface area (Å²) in [6.45, 7) is 2.36. The highest BCUT2D eigenvalue weighted by atomic mass is 16.5. The molecule has 1 aromatic carbocycles. The number of carbonyl (C=O) groups is 1. The first-order valence-electron chi connectivity index (χ1n) is 7.24. The molecule has 1 unspecified atom stereocenters. The minimum atomic E-state index is 0.0392. The zero-order valence-corrected chi connectivity index (χ0v) is 12.7. The Kier molecular flexibility index (Phi) is 6.02. The number of carbonyl (C=O) groups excluding carboxylic acids is 1. The summed E-state index contributed by atoms with van der Waals surface area (Å²) in [6.07, 6.45) is 1.26. The van der Waals surface area contributed by atoms with E-state index < -0.39 is 0 Å². The predicted molar refractivity (Wildman–Crippen MR) is 79.5 cm³/mol. The number of morpholine rings is 1. The Morgan fingerprint density at radius 2 is 2.29 bits per heavy atom. The van der Waals surface area contributed by atoms with E-state index in [4.69, 9.17) is 14.2 Å². The van der Waals surface area contributed by atoms with Gasteiger partial charge in [-0.1, -0.05) is 12.1 Å². The molecule has 1 fully saturated rings. The van der Waals surface area contributed by atoms with Gasteiger partial charge in [0.1, 0.15) is 5.75 Å². The number of nitrogens with zero attached hydrogens (tertiary/aromatic N) is 1. The molecule has 1 aromatic rings. The van der Waals surface area contributed by atoms with Crippen molar-refractivity contribution in [2.45, 2.75) is 18.9 Å². The molecule has 0 radical (unpaired) electrons. The number of benzene rings is 1. The van der Waals surface area contributed by atoms with E-state index in [2.05, 4.69) is 6.07 Å². The Hall–Kier alpha value is -1.59. The Morgan fingerprint density at radius 3 is 3.05 bits per heavy atom. The van der Waals surface area contributed by atoms with Gasteiger partial charge in [-0.15, -0.1) is 0 Å². The van der Waals surface area contributed by atoms with Gasteiger partial charge in [0.15, 0.2) is 0 Å². The lowest BCUT2D eigenvalue weighted by molar-refractivity contribution is -0.139. The van der Waals surface area contributed by atoms with Gasteiger partial charge >= 0.3 is 0 Å². The number of amides is 1. The lowest BCUT2D eigenvalue weighted by Crippen LogP contribution is -2.46. The maximum absolute atomic E-state index is 12.0. The van der Waals surface area contributed by atoms with E-state index in [0.29, 0.717) is 32.7 Å². The molecule has 0 spiro atoms. The van der Waals surface area contributed by atoms with Gasteiger partial charge in [-0.05, 0) is 17.7 Å². The highest BCUT2D eigenvalue weighted by Crippen LogP contribution is 2.17. The number of hydrogen-bond donors (Lipinski definition) is 0. The molecule has 116 valence electrons. The van der Waals surface area contributed by atoms with Crippen LogP contribution in [-0.2, 0) is 20.7 Å². The van der Waals surface area contributed by atoms with Crippen LogP contribution in [-0.4, -0.2) is 57.4 Å². The van der Waals surface area contributed by atoms with Gasteiger partial charge in [0.25, 0.3) is 0 Å². The Labute approximate surface area is 125 Å². The lowest BCUT2D eigenvalue weighted by Gasteiger charge is -2.33. The highest BCUT2D eigenvalue weighted by molar-refractivity contribution is 5.76. The molecule has 1 aliphatic heterocycles. The molecule has 1 saturated heterocycles. The second kappa shape index (κ2) is 8.00. The number of ether oxygens (including phenoxy) is 3. The fourth-order valence-corrected chi connectivity index (χ4v) is 2.48. The minimum Gasteiger partial charge on any atom is -0.497 e. The molecule has 1 heterocycles. The molecule has 0 bridgehead atoms. The first-order valence-corrected chi connectivity index (χ1v) is 7.24. The molecule has 1 amide bonds. The van der Waals surface area contributed by atoms with E-state index in [-0.39, 0.29) is 12.0 Å². The normalized spacial score (nSPS) is 18.6. The van der Waals surface area contributed by atoms with Crippen LogP contribution in [0, 0.1) is 0 Å². The monoisotopic (exact) mass is 293 g/mol. The fourth-order valence-electron chi connectivity index (χ4n) is 2.48. The third-order valence-corrected chi connectivity index (χ3v) is 3.61. The first-order chi connectivity index (χ1) is 10.2. The summed E-state index contributed by atoms with van der Waals surface area (Å²) >= 11 is 0. The molecule has 0 saturated carbocycles. The molecule has 0 aliphatic carbocycles. The number of methoxy groups -OCH3 is 2. The van der Waals surface area contributed by atoms with Crippen molar-refractivity contribution >= 4 is 5.91 Å². The summed E-state index contributed by atoms with van der Waals surface area (Å²) < 4.78 is 16.0. The van der Waals surface area contributed by atoms with Crippen molar-refractivity contribution in [2.24, 2.45) is 0 Å². The second-order valence-corrected chi connectivity index (χ2v) is 5.13. The third-order valence-electron chi connectivity index (χ3n) is 3.61. The molecule has 21 heavy (non-hydrogen) atoms. The van der Waals surface area contributed by atoms with E-state index in [9.17, 15) is 4.79 Å². The molecular formula is C16H23NO4. The standard InChI is InChI=1S/C16H23NO4/c1-19-8-6-16(18)17-7-9-21-15(12-17)11-13-4-3-5-14(10-13)20-2/h3-5,10,15H,6-9,11-12H2,1-2H3. The fraction of sp³-hybridized carbons (Fsp3) is 0.562. The third kappa shape index (κ3) is 4.72. The van der Waals surface area contributed by atoms with Crippen LogP contribution < -0.4 is 4.74 Å². The van der Waals surface area contributed by atoms with Crippen molar-refractivity contribution in [3.63, 3.8) is 0 Å². The van der Waals surface area contributed by atoms with Crippen molar-refractivity contribution in [3.05, 3.63) is 29.8 Å². The minimum absolute atomic E-state index is 0.0392. The summed E-state index contributed by atoms with van der Waals surface area (Å²) in [7, 11) is 3.27. The molecule has 5 heteroatoms. The molecule has 1 aliphatic rings. The van der Waals surface area contributed by atoms with E-state index in [1.165, 1.54) is 0 Å².